The van der Waals surface area contributed by atoms with Crippen LogP contribution in [0.3, 0.4) is 0 Å². The molecule has 0 radical (unpaired) electrons. The van der Waals surface area contributed by atoms with Crippen molar-refractivity contribution >= 4 is 29.3 Å². The molecular formula is C18H19N3O6S. The number of carbonyl (C=O) groups is 1. The van der Waals surface area contributed by atoms with Crippen molar-refractivity contribution in [3.8, 4) is 0 Å². The first-order chi connectivity index (χ1) is 13.2. The average Bonchev–Trinajstić information content (AvgIpc) is 2.61. The maximum atomic E-state index is 11.8. The minimum Gasteiger partial charge on any atom is -0.480 e. The Labute approximate surface area is 165 Å². The van der Waals surface area contributed by atoms with Crippen LogP contribution in [0.15, 0.2) is 53.4 Å². The number of rotatable bonds is 9. The monoisotopic (exact) mass is 405 g/mol. The van der Waals surface area contributed by atoms with Crippen molar-refractivity contribution in [2.75, 3.05) is 0 Å². The molecule has 10 heteroatoms. The molecule has 1 atom stereocenters. The normalized spacial score (nSPS) is 12.1. The molecule has 0 aliphatic carbocycles. The van der Waals surface area contributed by atoms with E-state index in [9.17, 15) is 30.1 Å². The second kappa shape index (κ2) is 9.29. The molecule has 2 aromatic rings. The van der Waals surface area contributed by atoms with E-state index in [-0.39, 0.29) is 17.4 Å². The molecule has 2 rings (SSSR count). The number of hydrogen-bond donors (Lipinski definition) is 1. The Morgan fingerprint density at radius 1 is 1.11 bits per heavy atom. The first kappa shape index (κ1) is 21.3. The first-order valence-corrected chi connectivity index (χ1v) is 9.12. The molecule has 148 valence electrons. The SMILES string of the molecule is CC(C)[C@@H](C(=O)O)N(Cc1ccccc1)Sc1ccc([N+](=O)[O-])cc1[N+](=O)[O-]. The summed E-state index contributed by atoms with van der Waals surface area (Å²) in [5.74, 6) is -1.33. The van der Waals surface area contributed by atoms with Crippen molar-refractivity contribution in [2.45, 2.75) is 31.3 Å². The summed E-state index contributed by atoms with van der Waals surface area (Å²) >= 11 is 0.912. The van der Waals surface area contributed by atoms with Crippen LogP contribution in [-0.2, 0) is 11.3 Å². The fourth-order valence-electron chi connectivity index (χ4n) is 2.66. The number of carboxylic acids is 1. The predicted octanol–water partition coefficient (Wildman–Crippen LogP) is 4.12. The van der Waals surface area contributed by atoms with Gasteiger partial charge >= 0.3 is 5.97 Å². The van der Waals surface area contributed by atoms with Crippen LogP contribution >= 0.6 is 11.9 Å². The van der Waals surface area contributed by atoms with Gasteiger partial charge in [0, 0.05) is 12.6 Å². The van der Waals surface area contributed by atoms with Gasteiger partial charge in [-0.25, -0.2) is 4.31 Å². The van der Waals surface area contributed by atoms with Gasteiger partial charge in [0.15, 0.2) is 0 Å². The van der Waals surface area contributed by atoms with Gasteiger partial charge in [-0.15, -0.1) is 0 Å². The molecule has 0 saturated heterocycles. The van der Waals surface area contributed by atoms with Gasteiger partial charge in [0.05, 0.1) is 15.9 Å². The molecule has 0 aliphatic heterocycles. The largest absolute Gasteiger partial charge is 0.480 e. The summed E-state index contributed by atoms with van der Waals surface area (Å²) in [6.45, 7) is 3.73. The van der Waals surface area contributed by atoms with Crippen molar-refractivity contribution in [3.63, 3.8) is 0 Å². The maximum absolute atomic E-state index is 11.8. The number of aliphatic carboxylic acids is 1. The topological polar surface area (TPSA) is 127 Å². The minimum absolute atomic E-state index is 0.137. The van der Waals surface area contributed by atoms with E-state index < -0.39 is 33.2 Å². The summed E-state index contributed by atoms with van der Waals surface area (Å²) in [4.78, 5) is 32.9. The van der Waals surface area contributed by atoms with Gasteiger partial charge in [0.1, 0.15) is 10.9 Å². The molecule has 0 bridgehead atoms. The molecule has 2 aromatic carbocycles. The van der Waals surface area contributed by atoms with Crippen molar-refractivity contribution in [2.24, 2.45) is 5.92 Å². The highest BCUT2D eigenvalue weighted by atomic mass is 32.2. The highest BCUT2D eigenvalue weighted by Gasteiger charge is 2.32. The highest BCUT2D eigenvalue weighted by molar-refractivity contribution is 7.97. The van der Waals surface area contributed by atoms with Gasteiger partial charge in [0.2, 0.25) is 0 Å². The zero-order valence-corrected chi connectivity index (χ0v) is 16.0. The van der Waals surface area contributed by atoms with Crippen LogP contribution in [0.1, 0.15) is 19.4 Å². The van der Waals surface area contributed by atoms with Crippen LogP contribution in [0.25, 0.3) is 0 Å². The maximum Gasteiger partial charge on any atom is 0.322 e. The molecule has 0 fully saturated rings. The zero-order chi connectivity index (χ0) is 20.8. The Kier molecular flexibility index (Phi) is 7.07. The number of hydrogen-bond acceptors (Lipinski definition) is 7. The number of nitro benzene ring substituents is 2. The molecular weight excluding hydrogens is 386 g/mol. The smallest absolute Gasteiger partial charge is 0.322 e. The zero-order valence-electron chi connectivity index (χ0n) is 15.2. The standard InChI is InChI=1S/C18H19N3O6S/c1-12(2)17(18(22)23)19(11-13-6-4-3-5-7-13)28-16-9-8-14(20(24)25)10-15(16)21(26)27/h3-10,12,17H,11H2,1-2H3,(H,22,23)/t17-/m0/s1. The van der Waals surface area contributed by atoms with E-state index >= 15 is 0 Å². The lowest BCUT2D eigenvalue weighted by Gasteiger charge is -2.30. The number of nitro groups is 2. The molecule has 0 saturated carbocycles. The Morgan fingerprint density at radius 2 is 1.75 bits per heavy atom. The predicted molar refractivity (Wildman–Crippen MR) is 104 cm³/mol. The quantitative estimate of drug-likeness (QED) is 0.375. The van der Waals surface area contributed by atoms with Crippen LogP contribution in [0.5, 0.6) is 0 Å². The van der Waals surface area contributed by atoms with E-state index in [1.54, 1.807) is 18.2 Å². The van der Waals surface area contributed by atoms with Gasteiger partial charge in [-0.1, -0.05) is 44.2 Å². The number of non-ortho nitro benzene ring substituents is 1. The fraction of sp³-hybridized carbons (Fsp3) is 0.278. The van der Waals surface area contributed by atoms with E-state index in [1.807, 2.05) is 30.3 Å². The molecule has 0 unspecified atom stereocenters. The van der Waals surface area contributed by atoms with Crippen LogP contribution < -0.4 is 0 Å². The van der Waals surface area contributed by atoms with Crippen molar-refractivity contribution in [1.82, 2.24) is 4.31 Å². The van der Waals surface area contributed by atoms with Gasteiger partial charge in [-0.05, 0) is 29.5 Å². The van der Waals surface area contributed by atoms with Gasteiger partial charge < -0.3 is 5.11 Å². The summed E-state index contributed by atoms with van der Waals surface area (Å²) in [6.07, 6.45) is 0. The summed E-state index contributed by atoms with van der Waals surface area (Å²) < 4.78 is 1.55. The lowest BCUT2D eigenvalue weighted by atomic mass is 10.0. The first-order valence-electron chi connectivity index (χ1n) is 8.35. The second-order valence-electron chi connectivity index (χ2n) is 6.35. The Balaban J connectivity index is 2.45. The van der Waals surface area contributed by atoms with Crippen LogP contribution in [0.2, 0.25) is 0 Å². The molecule has 0 heterocycles. The van der Waals surface area contributed by atoms with E-state index in [0.717, 1.165) is 23.6 Å². The molecule has 28 heavy (non-hydrogen) atoms. The van der Waals surface area contributed by atoms with E-state index in [1.165, 1.54) is 12.1 Å². The molecule has 9 nitrogen and oxygen atoms in total. The molecule has 0 spiro atoms. The summed E-state index contributed by atoms with van der Waals surface area (Å²) in [7, 11) is 0. The lowest BCUT2D eigenvalue weighted by molar-refractivity contribution is -0.396. The number of benzene rings is 2. The van der Waals surface area contributed by atoms with E-state index in [2.05, 4.69) is 0 Å². The van der Waals surface area contributed by atoms with Crippen molar-refractivity contribution in [3.05, 3.63) is 74.3 Å². The molecule has 1 N–H and O–H groups in total. The van der Waals surface area contributed by atoms with Crippen molar-refractivity contribution < 1.29 is 19.7 Å². The van der Waals surface area contributed by atoms with Crippen LogP contribution in [-0.4, -0.2) is 31.3 Å². The third kappa shape index (κ3) is 5.27. The average molecular weight is 405 g/mol. The second-order valence-corrected chi connectivity index (χ2v) is 7.44. The molecule has 0 amide bonds. The lowest BCUT2D eigenvalue weighted by Crippen LogP contribution is -2.40. The Bertz CT molecular complexity index is 875. The number of carboxylic acid groups (broad SMARTS) is 1. The highest BCUT2D eigenvalue weighted by Crippen LogP contribution is 2.37. The van der Waals surface area contributed by atoms with Gasteiger partial charge in [-0.3, -0.25) is 25.0 Å². The van der Waals surface area contributed by atoms with Gasteiger partial charge in [0.25, 0.3) is 11.4 Å². The van der Waals surface area contributed by atoms with Gasteiger partial charge in [-0.2, -0.15) is 0 Å². The summed E-state index contributed by atoms with van der Waals surface area (Å²) in [6, 6.07) is 11.5. The minimum atomic E-state index is -1.05. The fourth-order valence-corrected chi connectivity index (χ4v) is 3.93. The van der Waals surface area contributed by atoms with Crippen LogP contribution in [0, 0.1) is 26.1 Å². The third-order valence-corrected chi connectivity index (χ3v) is 5.07. The number of nitrogens with zero attached hydrogens (tertiary/aromatic N) is 3. The molecule has 0 aliphatic rings. The van der Waals surface area contributed by atoms with E-state index in [4.69, 9.17) is 0 Å². The summed E-state index contributed by atoms with van der Waals surface area (Å²) in [5.41, 5.74) is 0.000856. The summed E-state index contributed by atoms with van der Waals surface area (Å²) in [5, 5.41) is 32.0. The Morgan fingerprint density at radius 3 is 2.25 bits per heavy atom. The van der Waals surface area contributed by atoms with E-state index in [0.29, 0.717) is 0 Å². The van der Waals surface area contributed by atoms with Crippen molar-refractivity contribution in [1.29, 1.82) is 0 Å². The molecule has 0 aromatic heterocycles. The van der Waals surface area contributed by atoms with Crippen LogP contribution in [0.4, 0.5) is 11.4 Å². The Hall–Kier alpha value is -2.98. The third-order valence-electron chi connectivity index (χ3n) is 3.94.